The zero-order valence-corrected chi connectivity index (χ0v) is 7.94. The number of benzene rings is 1. The standard InChI is InChI=1S/C10H11ClFN/c11-7-3-1-4-8(12)10(7)9-5-2-6-13-9/h1,3-4,9,13H,2,5-6H2/t9-/m0/s1. The van der Waals surface area contributed by atoms with Crippen LogP contribution in [0.1, 0.15) is 24.4 Å². The van der Waals surface area contributed by atoms with E-state index in [1.165, 1.54) is 6.07 Å². The number of nitrogens with one attached hydrogen (secondary N) is 1. The van der Waals surface area contributed by atoms with Crippen molar-refractivity contribution in [2.45, 2.75) is 18.9 Å². The summed E-state index contributed by atoms with van der Waals surface area (Å²) in [6.45, 7) is 0.954. The molecule has 0 aromatic heterocycles. The number of hydrogen-bond donors (Lipinski definition) is 1. The second-order valence-electron chi connectivity index (χ2n) is 3.28. The van der Waals surface area contributed by atoms with E-state index in [9.17, 15) is 4.39 Å². The van der Waals surface area contributed by atoms with Gasteiger partial charge >= 0.3 is 0 Å². The minimum atomic E-state index is -0.202. The zero-order valence-electron chi connectivity index (χ0n) is 7.19. The smallest absolute Gasteiger partial charge is 0.129 e. The van der Waals surface area contributed by atoms with Crippen LogP contribution in [-0.2, 0) is 0 Å². The van der Waals surface area contributed by atoms with Crippen molar-refractivity contribution < 1.29 is 4.39 Å². The van der Waals surface area contributed by atoms with E-state index < -0.39 is 0 Å². The second-order valence-corrected chi connectivity index (χ2v) is 3.69. The first-order valence-corrected chi connectivity index (χ1v) is 4.84. The molecule has 3 heteroatoms. The van der Waals surface area contributed by atoms with E-state index in [0.29, 0.717) is 10.6 Å². The SMILES string of the molecule is Fc1cccc(Cl)c1[C@@H]1CCCN1. The largest absolute Gasteiger partial charge is 0.310 e. The second kappa shape index (κ2) is 3.64. The van der Waals surface area contributed by atoms with Crippen LogP contribution in [0.4, 0.5) is 4.39 Å². The summed E-state index contributed by atoms with van der Waals surface area (Å²) >= 11 is 5.93. The zero-order chi connectivity index (χ0) is 9.26. The van der Waals surface area contributed by atoms with Gasteiger partial charge < -0.3 is 5.32 Å². The Labute approximate surface area is 81.9 Å². The van der Waals surface area contributed by atoms with E-state index in [2.05, 4.69) is 5.32 Å². The molecule has 1 aromatic rings. The molecular formula is C10H11ClFN. The quantitative estimate of drug-likeness (QED) is 0.734. The fraction of sp³-hybridized carbons (Fsp3) is 0.400. The molecule has 13 heavy (non-hydrogen) atoms. The lowest BCUT2D eigenvalue weighted by Crippen LogP contribution is -2.14. The summed E-state index contributed by atoms with van der Waals surface area (Å²) in [4.78, 5) is 0. The molecule has 0 spiro atoms. The van der Waals surface area contributed by atoms with Crippen LogP contribution in [0.2, 0.25) is 5.02 Å². The molecule has 0 radical (unpaired) electrons. The molecule has 0 bridgehead atoms. The first-order valence-electron chi connectivity index (χ1n) is 4.46. The molecule has 0 amide bonds. The highest BCUT2D eigenvalue weighted by Gasteiger charge is 2.21. The Bertz CT molecular complexity index is 288. The van der Waals surface area contributed by atoms with Crippen LogP contribution < -0.4 is 5.32 Å². The van der Waals surface area contributed by atoms with Crippen molar-refractivity contribution in [2.24, 2.45) is 0 Å². The highest BCUT2D eigenvalue weighted by Crippen LogP contribution is 2.30. The van der Waals surface area contributed by atoms with Gasteiger partial charge in [-0.15, -0.1) is 0 Å². The summed E-state index contributed by atoms with van der Waals surface area (Å²) < 4.78 is 13.4. The Morgan fingerprint density at radius 1 is 1.46 bits per heavy atom. The van der Waals surface area contributed by atoms with Gasteiger partial charge in [0.05, 0.1) is 0 Å². The Morgan fingerprint density at radius 2 is 2.31 bits per heavy atom. The van der Waals surface area contributed by atoms with Gasteiger partial charge in [0, 0.05) is 16.6 Å². The highest BCUT2D eigenvalue weighted by atomic mass is 35.5. The summed E-state index contributed by atoms with van der Waals surface area (Å²) in [7, 11) is 0. The predicted molar refractivity (Wildman–Crippen MR) is 51.4 cm³/mol. The van der Waals surface area contributed by atoms with Crippen LogP contribution in [0, 0.1) is 5.82 Å². The molecule has 70 valence electrons. The van der Waals surface area contributed by atoms with Crippen molar-refractivity contribution >= 4 is 11.6 Å². The highest BCUT2D eigenvalue weighted by molar-refractivity contribution is 6.31. The minimum Gasteiger partial charge on any atom is -0.310 e. The molecule has 1 atom stereocenters. The maximum atomic E-state index is 13.4. The average Bonchev–Trinajstić information content (AvgIpc) is 2.57. The number of rotatable bonds is 1. The molecule has 0 aliphatic carbocycles. The van der Waals surface area contributed by atoms with Crippen molar-refractivity contribution in [1.29, 1.82) is 0 Å². The van der Waals surface area contributed by atoms with Gasteiger partial charge in [0.2, 0.25) is 0 Å². The van der Waals surface area contributed by atoms with Crippen LogP contribution >= 0.6 is 11.6 Å². The third-order valence-corrected chi connectivity index (χ3v) is 2.74. The molecule has 1 heterocycles. The maximum absolute atomic E-state index is 13.4. The molecule has 2 rings (SSSR count). The topological polar surface area (TPSA) is 12.0 Å². The molecule has 1 N–H and O–H groups in total. The third kappa shape index (κ3) is 1.69. The first-order chi connectivity index (χ1) is 6.29. The Balaban J connectivity index is 2.37. The summed E-state index contributed by atoms with van der Waals surface area (Å²) in [5.74, 6) is -0.202. The van der Waals surface area contributed by atoms with E-state index in [1.54, 1.807) is 12.1 Å². The van der Waals surface area contributed by atoms with Crippen LogP contribution in [-0.4, -0.2) is 6.54 Å². The van der Waals surface area contributed by atoms with E-state index in [1.807, 2.05) is 0 Å². The van der Waals surface area contributed by atoms with E-state index >= 15 is 0 Å². The van der Waals surface area contributed by atoms with Gasteiger partial charge in [-0.2, -0.15) is 0 Å². The summed E-state index contributed by atoms with van der Waals surface area (Å²) in [5.41, 5.74) is 0.627. The Hall–Kier alpha value is -0.600. The van der Waals surface area contributed by atoms with Crippen molar-refractivity contribution in [2.75, 3.05) is 6.54 Å². The molecule has 1 fully saturated rings. The van der Waals surface area contributed by atoms with Crippen LogP contribution in [0.5, 0.6) is 0 Å². The summed E-state index contributed by atoms with van der Waals surface area (Å²) in [6, 6.07) is 4.94. The van der Waals surface area contributed by atoms with Crippen molar-refractivity contribution in [3.8, 4) is 0 Å². The lowest BCUT2D eigenvalue weighted by molar-refractivity contribution is 0.559. The van der Waals surface area contributed by atoms with Gasteiger partial charge in [0.1, 0.15) is 5.82 Å². The minimum absolute atomic E-state index is 0.105. The van der Waals surface area contributed by atoms with Gasteiger partial charge in [-0.05, 0) is 31.5 Å². The molecule has 1 aliphatic heterocycles. The van der Waals surface area contributed by atoms with E-state index in [-0.39, 0.29) is 11.9 Å². The predicted octanol–water partition coefficient (Wildman–Crippen LogP) is 2.90. The van der Waals surface area contributed by atoms with Gasteiger partial charge in [-0.25, -0.2) is 4.39 Å². The third-order valence-electron chi connectivity index (χ3n) is 2.41. The molecule has 1 aliphatic rings. The van der Waals surface area contributed by atoms with Gasteiger partial charge in [-0.1, -0.05) is 17.7 Å². The molecule has 0 saturated carbocycles. The van der Waals surface area contributed by atoms with Crippen molar-refractivity contribution in [3.05, 3.63) is 34.6 Å². The van der Waals surface area contributed by atoms with Crippen molar-refractivity contribution in [3.63, 3.8) is 0 Å². The fourth-order valence-electron chi connectivity index (χ4n) is 1.77. The normalized spacial score (nSPS) is 22.2. The van der Waals surface area contributed by atoms with Crippen LogP contribution in [0.3, 0.4) is 0 Å². The van der Waals surface area contributed by atoms with Gasteiger partial charge in [-0.3, -0.25) is 0 Å². The summed E-state index contributed by atoms with van der Waals surface area (Å²) in [5, 5.41) is 3.76. The fourth-order valence-corrected chi connectivity index (χ4v) is 2.07. The first kappa shape index (κ1) is 8.97. The lowest BCUT2D eigenvalue weighted by Gasteiger charge is -2.12. The van der Waals surface area contributed by atoms with Gasteiger partial charge in [0.25, 0.3) is 0 Å². The maximum Gasteiger partial charge on any atom is 0.129 e. The van der Waals surface area contributed by atoms with E-state index in [0.717, 1.165) is 19.4 Å². The van der Waals surface area contributed by atoms with E-state index in [4.69, 9.17) is 11.6 Å². The van der Waals surface area contributed by atoms with Crippen molar-refractivity contribution in [1.82, 2.24) is 5.32 Å². The molecule has 0 unspecified atom stereocenters. The number of hydrogen-bond acceptors (Lipinski definition) is 1. The monoisotopic (exact) mass is 199 g/mol. The molecule has 1 saturated heterocycles. The number of halogens is 2. The molecular weight excluding hydrogens is 189 g/mol. The molecule has 1 aromatic carbocycles. The van der Waals surface area contributed by atoms with Crippen LogP contribution in [0.25, 0.3) is 0 Å². The molecule has 1 nitrogen and oxygen atoms in total. The Kier molecular flexibility index (Phi) is 2.51. The Morgan fingerprint density at radius 3 is 2.92 bits per heavy atom. The summed E-state index contributed by atoms with van der Waals surface area (Å²) in [6.07, 6.45) is 2.07. The lowest BCUT2D eigenvalue weighted by atomic mass is 10.0. The average molecular weight is 200 g/mol. The van der Waals surface area contributed by atoms with Crippen LogP contribution in [0.15, 0.2) is 18.2 Å². The van der Waals surface area contributed by atoms with Gasteiger partial charge in [0.15, 0.2) is 0 Å².